The largest absolute Gasteiger partial charge is 0.358 e. The van der Waals surface area contributed by atoms with Crippen LogP contribution in [-0.4, -0.2) is 34.5 Å². The molecule has 4 aromatic rings. The average Bonchev–Trinajstić information content (AvgIpc) is 3.43. The summed E-state index contributed by atoms with van der Waals surface area (Å²) in [7, 11) is -2.98. The number of aryl methyl sites for hydroxylation is 1. The first-order valence-corrected chi connectivity index (χ1v) is 13.2. The predicted molar refractivity (Wildman–Crippen MR) is 130 cm³/mol. The van der Waals surface area contributed by atoms with Crippen LogP contribution in [0.2, 0.25) is 5.15 Å². The maximum Gasteiger partial charge on any atom is 0.295 e. The van der Waals surface area contributed by atoms with E-state index in [1.54, 1.807) is 12.1 Å². The van der Waals surface area contributed by atoms with E-state index >= 15 is 0 Å². The van der Waals surface area contributed by atoms with E-state index in [-0.39, 0.29) is 32.6 Å². The van der Waals surface area contributed by atoms with Gasteiger partial charge >= 0.3 is 0 Å². The Kier molecular flexibility index (Phi) is 6.71. The highest BCUT2D eigenvalue weighted by Gasteiger charge is 2.29. The van der Waals surface area contributed by atoms with Gasteiger partial charge in [-0.3, -0.25) is 4.57 Å². The van der Waals surface area contributed by atoms with Crippen molar-refractivity contribution in [1.82, 2.24) is 19.5 Å². The fourth-order valence-electron chi connectivity index (χ4n) is 4.06. The molecule has 3 aromatic heterocycles. The van der Waals surface area contributed by atoms with Crippen LogP contribution in [0.1, 0.15) is 43.4 Å². The van der Waals surface area contributed by atoms with Gasteiger partial charge in [0.15, 0.2) is 22.2 Å². The monoisotopic (exact) mass is 539 g/mol. The molecule has 1 N–H and O–H groups in total. The SMILES string of the molecule is Cc1csc(-c2ccc(Nc3cc(Cl)nc4c3nc(C(F)F)n4C3CCCCO3)c([SH](=O)=O)c2)n1. The molecule has 35 heavy (non-hydrogen) atoms. The second-order valence-corrected chi connectivity index (χ2v) is 10.3. The minimum absolute atomic E-state index is 0.0237. The first-order valence-electron chi connectivity index (χ1n) is 10.8. The molecule has 0 bridgehead atoms. The second kappa shape index (κ2) is 9.76. The maximum absolute atomic E-state index is 14.0. The van der Waals surface area contributed by atoms with Gasteiger partial charge in [0.05, 0.1) is 16.3 Å². The van der Waals surface area contributed by atoms with Crippen LogP contribution in [0, 0.1) is 6.92 Å². The molecule has 1 aliphatic heterocycles. The molecular weight excluding hydrogens is 520 g/mol. The van der Waals surface area contributed by atoms with E-state index in [4.69, 9.17) is 16.3 Å². The molecule has 13 heteroatoms. The molecule has 1 atom stereocenters. The number of aromatic nitrogens is 4. The number of hydrogen-bond donors (Lipinski definition) is 2. The molecule has 1 aliphatic rings. The molecule has 0 aliphatic carbocycles. The number of rotatable bonds is 6. The summed E-state index contributed by atoms with van der Waals surface area (Å²) in [5.41, 5.74) is 2.29. The van der Waals surface area contributed by atoms with Gasteiger partial charge in [-0.15, -0.1) is 11.3 Å². The van der Waals surface area contributed by atoms with Crippen LogP contribution >= 0.6 is 22.9 Å². The lowest BCUT2D eigenvalue weighted by atomic mass is 10.2. The highest BCUT2D eigenvalue weighted by atomic mass is 35.5. The van der Waals surface area contributed by atoms with Gasteiger partial charge in [-0.25, -0.2) is 32.2 Å². The number of fused-ring (bicyclic) bond motifs is 1. The molecule has 4 heterocycles. The number of benzene rings is 1. The topological polar surface area (TPSA) is 99.0 Å². The number of halogens is 3. The van der Waals surface area contributed by atoms with Crippen molar-refractivity contribution in [2.75, 3.05) is 11.9 Å². The van der Waals surface area contributed by atoms with Gasteiger partial charge in [-0.1, -0.05) is 11.6 Å². The molecular formula is C22H20ClF2N5O3S2. The maximum atomic E-state index is 14.0. The number of anilines is 2. The minimum Gasteiger partial charge on any atom is -0.358 e. The molecule has 0 amide bonds. The van der Waals surface area contributed by atoms with Crippen LogP contribution in [0.4, 0.5) is 20.2 Å². The summed E-state index contributed by atoms with van der Waals surface area (Å²) < 4.78 is 59.1. The van der Waals surface area contributed by atoms with Crippen molar-refractivity contribution >= 4 is 56.2 Å². The Morgan fingerprint density at radius 2 is 2.03 bits per heavy atom. The molecule has 0 saturated carbocycles. The Bertz CT molecular complexity index is 1470. The second-order valence-electron chi connectivity index (χ2n) is 8.03. The van der Waals surface area contributed by atoms with E-state index < -0.39 is 29.2 Å². The van der Waals surface area contributed by atoms with Crippen molar-refractivity contribution in [1.29, 1.82) is 0 Å². The molecule has 184 valence electrons. The third kappa shape index (κ3) is 4.75. The molecule has 1 aromatic carbocycles. The summed E-state index contributed by atoms with van der Waals surface area (Å²) in [5, 5.41) is 5.62. The Morgan fingerprint density at radius 3 is 2.69 bits per heavy atom. The highest BCUT2D eigenvalue weighted by molar-refractivity contribution is 7.72. The quantitative estimate of drug-likeness (QED) is 0.233. The van der Waals surface area contributed by atoms with Gasteiger partial charge < -0.3 is 10.1 Å². The summed E-state index contributed by atoms with van der Waals surface area (Å²) >= 11 is 7.66. The van der Waals surface area contributed by atoms with E-state index in [1.165, 1.54) is 28.0 Å². The van der Waals surface area contributed by atoms with Crippen LogP contribution in [0.5, 0.6) is 0 Å². The average molecular weight is 540 g/mol. The Hall–Kier alpha value is -2.67. The van der Waals surface area contributed by atoms with Crippen LogP contribution in [0.15, 0.2) is 34.5 Å². The fourth-order valence-corrected chi connectivity index (χ4v) is 5.62. The number of thiol groups is 1. The Balaban J connectivity index is 1.61. The lowest BCUT2D eigenvalue weighted by Crippen LogP contribution is -2.20. The van der Waals surface area contributed by atoms with E-state index in [1.807, 2.05) is 12.3 Å². The smallest absolute Gasteiger partial charge is 0.295 e. The van der Waals surface area contributed by atoms with Gasteiger partial charge in [0, 0.05) is 29.3 Å². The molecule has 1 unspecified atom stereocenters. The van der Waals surface area contributed by atoms with Crippen LogP contribution in [0.25, 0.3) is 21.7 Å². The van der Waals surface area contributed by atoms with E-state index in [9.17, 15) is 17.2 Å². The van der Waals surface area contributed by atoms with Crippen LogP contribution < -0.4 is 5.32 Å². The van der Waals surface area contributed by atoms with Gasteiger partial charge in [0.25, 0.3) is 6.43 Å². The number of nitrogens with zero attached hydrogens (tertiary/aromatic N) is 4. The number of pyridine rings is 1. The van der Waals surface area contributed by atoms with Crippen LogP contribution in [-0.2, 0) is 15.4 Å². The summed E-state index contributed by atoms with van der Waals surface area (Å²) in [6.07, 6.45) is -1.29. The fraction of sp³-hybridized carbons (Fsp3) is 0.318. The van der Waals surface area contributed by atoms with Gasteiger partial charge in [0.2, 0.25) is 0 Å². The van der Waals surface area contributed by atoms with Gasteiger partial charge in [-0.05, 0) is 44.4 Å². The normalized spacial score (nSPS) is 16.5. The third-order valence-corrected chi connectivity index (χ3v) is 7.58. The van der Waals surface area contributed by atoms with Crippen molar-refractivity contribution in [3.63, 3.8) is 0 Å². The standard InChI is InChI=1S/C22H20ClF2N5O3S2/c1-11-10-34-22(26-11)12-5-6-13(15(8-12)35(31)32)27-14-9-16(23)28-20-18(14)29-21(19(24)25)30(20)17-4-2-3-7-33-17/h5-6,8-10,17,19,35H,2-4,7H2,1H3,(H,27,28). The molecule has 5 rings (SSSR count). The summed E-state index contributed by atoms with van der Waals surface area (Å²) in [6.45, 7) is 2.30. The number of hydrogen-bond acceptors (Lipinski definition) is 8. The highest BCUT2D eigenvalue weighted by Crippen LogP contribution is 2.37. The zero-order valence-corrected chi connectivity index (χ0v) is 20.8. The zero-order chi connectivity index (χ0) is 24.7. The number of alkyl halides is 2. The van der Waals surface area contributed by atoms with Crippen molar-refractivity contribution in [2.45, 2.75) is 43.7 Å². The lowest BCUT2D eigenvalue weighted by Gasteiger charge is -2.25. The third-order valence-electron chi connectivity index (χ3n) is 5.61. The lowest BCUT2D eigenvalue weighted by molar-refractivity contribution is -0.0363. The van der Waals surface area contributed by atoms with Gasteiger partial charge in [-0.2, -0.15) is 0 Å². The number of imidazole rings is 1. The van der Waals surface area contributed by atoms with E-state index in [2.05, 4.69) is 20.3 Å². The van der Waals surface area contributed by atoms with Crippen molar-refractivity contribution in [3.8, 4) is 10.6 Å². The molecule has 1 fully saturated rings. The van der Waals surface area contributed by atoms with Crippen LogP contribution in [0.3, 0.4) is 0 Å². The first-order chi connectivity index (χ1) is 16.8. The Morgan fingerprint density at radius 1 is 1.20 bits per heavy atom. The van der Waals surface area contributed by atoms with Crippen molar-refractivity contribution in [2.24, 2.45) is 0 Å². The number of thiazole rings is 1. The molecule has 1 saturated heterocycles. The summed E-state index contributed by atoms with van der Waals surface area (Å²) in [4.78, 5) is 12.8. The summed E-state index contributed by atoms with van der Waals surface area (Å²) in [5.74, 6) is -0.477. The number of nitrogens with one attached hydrogen (secondary N) is 1. The first kappa shape index (κ1) is 24.0. The van der Waals surface area contributed by atoms with E-state index in [0.717, 1.165) is 18.5 Å². The van der Waals surface area contributed by atoms with Gasteiger partial charge in [0.1, 0.15) is 21.9 Å². The predicted octanol–water partition coefficient (Wildman–Crippen LogP) is 5.87. The van der Waals surface area contributed by atoms with Crippen molar-refractivity contribution < 1.29 is 21.9 Å². The Labute approximate surface area is 209 Å². The molecule has 0 radical (unpaired) electrons. The van der Waals surface area contributed by atoms with E-state index in [0.29, 0.717) is 23.6 Å². The molecule has 8 nitrogen and oxygen atoms in total. The van der Waals surface area contributed by atoms with Crippen molar-refractivity contribution in [3.05, 3.63) is 46.3 Å². The summed E-state index contributed by atoms with van der Waals surface area (Å²) in [6, 6.07) is 6.28. The molecule has 0 spiro atoms. The number of ether oxygens (including phenoxy) is 1. The zero-order valence-electron chi connectivity index (χ0n) is 18.4. The minimum atomic E-state index is -2.98.